The van der Waals surface area contributed by atoms with Crippen LogP contribution in [-0.2, 0) is 10.8 Å². The molecule has 1 saturated heterocycles. The van der Waals surface area contributed by atoms with Gasteiger partial charge in [-0.1, -0.05) is 0 Å². The van der Waals surface area contributed by atoms with Crippen LogP contribution in [0.1, 0.15) is 10.9 Å². The van der Waals surface area contributed by atoms with Gasteiger partial charge in [-0.05, 0) is 22.0 Å². The summed E-state index contributed by atoms with van der Waals surface area (Å²) in [5, 5.41) is 2.08. The second kappa shape index (κ2) is 5.73. The number of nitrogens with two attached hydrogens (primary N) is 1. The van der Waals surface area contributed by atoms with E-state index in [-0.39, 0.29) is 6.04 Å². The number of hydrogen-bond acceptors (Lipinski definition) is 4. The summed E-state index contributed by atoms with van der Waals surface area (Å²) in [5.74, 6) is 1.56. The van der Waals surface area contributed by atoms with Crippen LogP contribution in [0, 0.1) is 0 Å². The van der Waals surface area contributed by atoms with Crippen LogP contribution < -0.4 is 5.73 Å². The van der Waals surface area contributed by atoms with Gasteiger partial charge in [0.05, 0.1) is 6.04 Å². The van der Waals surface area contributed by atoms with Crippen LogP contribution in [0.2, 0.25) is 0 Å². The van der Waals surface area contributed by atoms with Crippen LogP contribution >= 0.6 is 27.3 Å². The van der Waals surface area contributed by atoms with Gasteiger partial charge >= 0.3 is 0 Å². The predicted molar refractivity (Wildman–Crippen MR) is 73.3 cm³/mol. The highest BCUT2D eigenvalue weighted by Crippen LogP contribution is 2.29. The lowest BCUT2D eigenvalue weighted by molar-refractivity contribution is 0.224. The van der Waals surface area contributed by atoms with Gasteiger partial charge in [0, 0.05) is 56.7 Å². The van der Waals surface area contributed by atoms with Gasteiger partial charge in [0.1, 0.15) is 0 Å². The van der Waals surface area contributed by atoms with Crippen molar-refractivity contribution in [2.45, 2.75) is 6.04 Å². The largest absolute Gasteiger partial charge is 0.329 e. The van der Waals surface area contributed by atoms with Crippen molar-refractivity contribution in [2.75, 3.05) is 31.1 Å². The Morgan fingerprint density at radius 2 is 2.25 bits per heavy atom. The van der Waals surface area contributed by atoms with Crippen molar-refractivity contribution in [2.24, 2.45) is 5.73 Å². The Labute approximate surface area is 111 Å². The van der Waals surface area contributed by atoms with Gasteiger partial charge in [-0.25, -0.2) is 0 Å². The summed E-state index contributed by atoms with van der Waals surface area (Å²) < 4.78 is 12.4. The van der Waals surface area contributed by atoms with Gasteiger partial charge in [-0.3, -0.25) is 9.11 Å². The summed E-state index contributed by atoms with van der Waals surface area (Å²) in [6, 6.07) is 2.42. The van der Waals surface area contributed by atoms with Gasteiger partial charge < -0.3 is 5.73 Å². The molecule has 1 aromatic heterocycles. The molecule has 2 N–H and O–H groups in total. The molecule has 1 aliphatic rings. The molecule has 90 valence electrons. The van der Waals surface area contributed by atoms with E-state index in [4.69, 9.17) is 5.73 Å². The quantitative estimate of drug-likeness (QED) is 0.919. The van der Waals surface area contributed by atoms with E-state index >= 15 is 0 Å². The third-order valence-electron chi connectivity index (χ3n) is 2.79. The fourth-order valence-corrected chi connectivity index (χ4v) is 4.58. The van der Waals surface area contributed by atoms with Crippen molar-refractivity contribution >= 4 is 38.1 Å². The minimum Gasteiger partial charge on any atom is -0.329 e. The lowest BCUT2D eigenvalue weighted by atomic mass is 10.2. The Kier molecular flexibility index (Phi) is 4.55. The Bertz CT molecular complexity index is 373. The van der Waals surface area contributed by atoms with Crippen LogP contribution in [0.4, 0.5) is 0 Å². The molecule has 0 aromatic carbocycles. The summed E-state index contributed by atoms with van der Waals surface area (Å²) in [4.78, 5) is 3.64. The van der Waals surface area contributed by atoms with Gasteiger partial charge in [0.25, 0.3) is 0 Å². The molecule has 0 bridgehead atoms. The maximum absolute atomic E-state index is 11.3. The smallest absolute Gasteiger partial charge is 0.0565 e. The normalized spacial score (nSPS) is 21.1. The lowest BCUT2D eigenvalue weighted by Crippen LogP contribution is -2.42. The summed E-state index contributed by atoms with van der Waals surface area (Å²) >= 11 is 5.20. The molecule has 0 saturated carbocycles. The molecule has 16 heavy (non-hydrogen) atoms. The monoisotopic (exact) mass is 322 g/mol. The molecule has 1 atom stereocenters. The molecule has 6 heteroatoms. The topological polar surface area (TPSA) is 46.3 Å². The van der Waals surface area contributed by atoms with E-state index in [0.717, 1.165) is 29.1 Å². The molecule has 1 fully saturated rings. The third kappa shape index (κ3) is 2.92. The standard InChI is InChI=1S/C10H15BrN2OS2/c11-8-5-10(15-7-8)9(6-12)13-1-3-16(14)4-2-13/h5,7,9H,1-4,6,12H2. The van der Waals surface area contributed by atoms with Gasteiger partial charge in [-0.2, -0.15) is 0 Å². The summed E-state index contributed by atoms with van der Waals surface area (Å²) in [6.07, 6.45) is 0. The zero-order valence-electron chi connectivity index (χ0n) is 8.89. The van der Waals surface area contributed by atoms with Crippen molar-refractivity contribution in [3.05, 3.63) is 20.8 Å². The van der Waals surface area contributed by atoms with Crippen LogP contribution in [-0.4, -0.2) is 40.2 Å². The first-order valence-corrected chi connectivity index (χ1v) is 8.40. The first kappa shape index (κ1) is 12.7. The minimum atomic E-state index is -0.619. The SMILES string of the molecule is NCC(c1cc(Br)cs1)N1CCS(=O)CC1. The molecule has 2 heterocycles. The lowest BCUT2D eigenvalue weighted by Gasteiger charge is -2.32. The van der Waals surface area contributed by atoms with E-state index in [2.05, 4.69) is 32.3 Å². The Morgan fingerprint density at radius 1 is 1.56 bits per heavy atom. The van der Waals surface area contributed by atoms with Crippen molar-refractivity contribution < 1.29 is 4.21 Å². The van der Waals surface area contributed by atoms with Gasteiger partial charge in [0.2, 0.25) is 0 Å². The van der Waals surface area contributed by atoms with Crippen molar-refractivity contribution in [3.63, 3.8) is 0 Å². The summed E-state index contributed by atoms with van der Waals surface area (Å²) in [7, 11) is -0.619. The van der Waals surface area contributed by atoms with Crippen LogP contribution in [0.15, 0.2) is 15.9 Å². The Morgan fingerprint density at radius 3 is 2.75 bits per heavy atom. The number of thiophene rings is 1. The minimum absolute atomic E-state index is 0.286. The maximum Gasteiger partial charge on any atom is 0.0565 e. The molecule has 0 spiro atoms. The van der Waals surface area contributed by atoms with Gasteiger partial charge in [0.15, 0.2) is 0 Å². The van der Waals surface area contributed by atoms with E-state index in [1.807, 2.05) is 0 Å². The highest BCUT2D eigenvalue weighted by Gasteiger charge is 2.24. The molecule has 1 unspecified atom stereocenters. The zero-order chi connectivity index (χ0) is 11.5. The third-order valence-corrected chi connectivity index (χ3v) is 5.86. The highest BCUT2D eigenvalue weighted by atomic mass is 79.9. The summed E-state index contributed by atoms with van der Waals surface area (Å²) in [5.41, 5.74) is 5.85. The molecule has 0 radical (unpaired) electrons. The molecular formula is C10H15BrN2OS2. The fourth-order valence-electron chi connectivity index (χ4n) is 1.91. The van der Waals surface area contributed by atoms with Gasteiger partial charge in [-0.15, -0.1) is 11.3 Å². The molecular weight excluding hydrogens is 308 g/mol. The second-order valence-electron chi connectivity index (χ2n) is 3.80. The average Bonchev–Trinajstić information content (AvgIpc) is 2.69. The Hall–Kier alpha value is 0.250. The van der Waals surface area contributed by atoms with Crippen molar-refractivity contribution in [1.29, 1.82) is 0 Å². The molecule has 0 amide bonds. The number of rotatable bonds is 3. The van der Waals surface area contributed by atoms with Crippen LogP contribution in [0.5, 0.6) is 0 Å². The van der Waals surface area contributed by atoms with E-state index in [1.54, 1.807) is 11.3 Å². The Balaban J connectivity index is 2.07. The maximum atomic E-state index is 11.3. The zero-order valence-corrected chi connectivity index (χ0v) is 12.1. The number of nitrogens with zero attached hydrogens (tertiary/aromatic N) is 1. The van der Waals surface area contributed by atoms with E-state index in [1.165, 1.54) is 4.88 Å². The van der Waals surface area contributed by atoms with E-state index in [0.29, 0.717) is 6.54 Å². The number of halogens is 1. The average molecular weight is 323 g/mol. The molecule has 1 aliphatic heterocycles. The summed E-state index contributed by atoms with van der Waals surface area (Å²) in [6.45, 7) is 2.41. The first-order valence-electron chi connectivity index (χ1n) is 5.23. The van der Waals surface area contributed by atoms with Crippen LogP contribution in [0.3, 0.4) is 0 Å². The molecule has 1 aromatic rings. The highest BCUT2D eigenvalue weighted by molar-refractivity contribution is 9.10. The van der Waals surface area contributed by atoms with Crippen molar-refractivity contribution in [1.82, 2.24) is 4.90 Å². The molecule has 3 nitrogen and oxygen atoms in total. The second-order valence-corrected chi connectivity index (χ2v) is 7.36. The predicted octanol–water partition coefficient (Wildman–Crippen LogP) is 1.57. The molecule has 2 rings (SSSR count). The van der Waals surface area contributed by atoms with Crippen LogP contribution in [0.25, 0.3) is 0 Å². The van der Waals surface area contributed by atoms with E-state index < -0.39 is 10.8 Å². The first-order chi connectivity index (χ1) is 7.70. The fraction of sp³-hybridized carbons (Fsp3) is 0.600. The number of hydrogen-bond donors (Lipinski definition) is 1. The van der Waals surface area contributed by atoms with E-state index in [9.17, 15) is 4.21 Å². The molecule has 0 aliphatic carbocycles. The van der Waals surface area contributed by atoms with Crippen molar-refractivity contribution in [3.8, 4) is 0 Å².